The molecule has 0 amide bonds. The molecular weight excluding hydrogens is 180 g/mol. The first-order chi connectivity index (χ1) is 7.03. The van der Waals surface area contributed by atoms with Gasteiger partial charge in [-0.1, -0.05) is 47.5 Å². The van der Waals surface area contributed by atoms with E-state index in [1.165, 1.54) is 25.7 Å². The molecule has 2 aliphatic rings. The Balaban J connectivity index is 2.09. The summed E-state index contributed by atoms with van der Waals surface area (Å²) in [6.45, 7) is 12.3. The first-order valence-corrected chi connectivity index (χ1v) is 7.03. The number of rotatable bonds is 3. The summed E-state index contributed by atoms with van der Waals surface area (Å²) in [5.74, 6) is 5.18. The summed E-state index contributed by atoms with van der Waals surface area (Å²) in [7, 11) is 0. The van der Waals surface area contributed by atoms with Crippen LogP contribution in [0.2, 0.25) is 0 Å². The van der Waals surface area contributed by atoms with E-state index in [4.69, 9.17) is 0 Å². The van der Waals surface area contributed by atoms with Crippen LogP contribution in [0.1, 0.15) is 60.3 Å². The highest BCUT2D eigenvalue weighted by atomic mass is 14.6. The zero-order valence-electron chi connectivity index (χ0n) is 11.2. The molecule has 0 aromatic carbocycles. The van der Waals surface area contributed by atoms with Crippen LogP contribution in [0.3, 0.4) is 0 Å². The van der Waals surface area contributed by atoms with Gasteiger partial charge in [0.2, 0.25) is 0 Å². The van der Waals surface area contributed by atoms with Gasteiger partial charge in [-0.15, -0.1) is 0 Å². The largest absolute Gasteiger partial charge is 0.0651 e. The van der Waals surface area contributed by atoms with Crippen molar-refractivity contribution in [2.45, 2.75) is 60.3 Å². The molecule has 0 aromatic rings. The molecule has 0 radical (unpaired) electrons. The van der Waals surface area contributed by atoms with E-state index in [1.807, 2.05) is 0 Å². The molecule has 2 fully saturated rings. The van der Waals surface area contributed by atoms with Crippen LogP contribution >= 0.6 is 0 Å². The number of hydrogen-bond acceptors (Lipinski definition) is 0. The highest BCUT2D eigenvalue weighted by molar-refractivity contribution is 5.05. The average molecular weight is 208 g/mol. The minimum atomic E-state index is 0.669. The van der Waals surface area contributed by atoms with Gasteiger partial charge in [0.1, 0.15) is 0 Å². The van der Waals surface area contributed by atoms with E-state index in [1.54, 1.807) is 0 Å². The topological polar surface area (TPSA) is 0 Å². The normalized spacial score (nSPS) is 54.6. The fourth-order valence-corrected chi connectivity index (χ4v) is 4.67. The van der Waals surface area contributed by atoms with Gasteiger partial charge in [-0.05, 0) is 47.8 Å². The van der Waals surface area contributed by atoms with Gasteiger partial charge in [0.15, 0.2) is 0 Å². The summed E-state index contributed by atoms with van der Waals surface area (Å²) in [6, 6.07) is 0. The summed E-state index contributed by atoms with van der Waals surface area (Å²) in [6.07, 6.45) is 5.79. The first kappa shape index (κ1) is 11.5. The second kappa shape index (κ2) is 3.79. The Labute approximate surface area is 95.8 Å². The smallest absolute Gasteiger partial charge is 0.0295 e. The highest BCUT2D eigenvalue weighted by Gasteiger charge is 2.56. The molecule has 0 bridgehead atoms. The van der Waals surface area contributed by atoms with E-state index in [0.717, 1.165) is 29.6 Å². The van der Waals surface area contributed by atoms with Gasteiger partial charge in [0.05, 0.1) is 0 Å². The third-order valence-corrected chi connectivity index (χ3v) is 5.75. The summed E-state index contributed by atoms with van der Waals surface area (Å²) in [5, 5.41) is 0. The molecule has 0 aromatic heterocycles. The Morgan fingerprint density at radius 1 is 1.20 bits per heavy atom. The maximum atomic E-state index is 2.55. The zero-order valence-corrected chi connectivity index (χ0v) is 11.2. The molecule has 0 N–H and O–H groups in total. The molecule has 2 aliphatic carbocycles. The van der Waals surface area contributed by atoms with Crippen molar-refractivity contribution in [2.24, 2.45) is 35.0 Å². The molecule has 6 atom stereocenters. The maximum absolute atomic E-state index is 2.55. The van der Waals surface area contributed by atoms with Gasteiger partial charge in [-0.25, -0.2) is 0 Å². The minimum absolute atomic E-state index is 0.669. The Kier molecular flexibility index (Phi) is 2.90. The fourth-order valence-electron chi connectivity index (χ4n) is 4.67. The van der Waals surface area contributed by atoms with Gasteiger partial charge >= 0.3 is 0 Å². The lowest BCUT2D eigenvalue weighted by Gasteiger charge is -2.31. The van der Waals surface area contributed by atoms with Gasteiger partial charge in [-0.3, -0.25) is 0 Å². The molecule has 0 aliphatic heterocycles. The van der Waals surface area contributed by atoms with Crippen LogP contribution in [0.4, 0.5) is 0 Å². The van der Waals surface area contributed by atoms with E-state index < -0.39 is 0 Å². The summed E-state index contributed by atoms with van der Waals surface area (Å²) >= 11 is 0. The van der Waals surface area contributed by atoms with Crippen molar-refractivity contribution in [3.63, 3.8) is 0 Å². The lowest BCUT2D eigenvalue weighted by Crippen LogP contribution is -2.23. The molecule has 0 heteroatoms. The van der Waals surface area contributed by atoms with Crippen molar-refractivity contribution in [1.29, 1.82) is 0 Å². The Morgan fingerprint density at radius 3 is 2.33 bits per heavy atom. The van der Waals surface area contributed by atoms with Crippen LogP contribution in [0.15, 0.2) is 0 Å². The fraction of sp³-hybridized carbons (Fsp3) is 1.00. The summed E-state index contributed by atoms with van der Waals surface area (Å²) < 4.78 is 0. The Morgan fingerprint density at radius 2 is 1.87 bits per heavy atom. The lowest BCUT2D eigenvalue weighted by molar-refractivity contribution is 0.183. The molecule has 88 valence electrons. The van der Waals surface area contributed by atoms with Gasteiger partial charge in [-0.2, -0.15) is 0 Å². The van der Waals surface area contributed by atoms with Gasteiger partial charge < -0.3 is 0 Å². The Hall–Kier alpha value is 0. The quantitative estimate of drug-likeness (QED) is 0.628. The third kappa shape index (κ3) is 1.74. The molecule has 6 unspecified atom stereocenters. The Bertz CT molecular complexity index is 232. The minimum Gasteiger partial charge on any atom is -0.0651 e. The van der Waals surface area contributed by atoms with Crippen molar-refractivity contribution in [1.82, 2.24) is 0 Å². The van der Waals surface area contributed by atoms with Gasteiger partial charge in [0, 0.05) is 0 Å². The van der Waals surface area contributed by atoms with Crippen molar-refractivity contribution >= 4 is 0 Å². The van der Waals surface area contributed by atoms with Crippen LogP contribution < -0.4 is 0 Å². The summed E-state index contributed by atoms with van der Waals surface area (Å²) in [5.41, 5.74) is 0.669. The molecule has 0 nitrogen and oxygen atoms in total. The van der Waals surface area contributed by atoms with Crippen molar-refractivity contribution in [3.8, 4) is 0 Å². The van der Waals surface area contributed by atoms with Crippen LogP contribution in [-0.2, 0) is 0 Å². The van der Waals surface area contributed by atoms with Crippen molar-refractivity contribution in [3.05, 3.63) is 0 Å². The summed E-state index contributed by atoms with van der Waals surface area (Å²) in [4.78, 5) is 0. The number of hydrogen-bond donors (Lipinski definition) is 0. The maximum Gasteiger partial charge on any atom is -0.0295 e. The van der Waals surface area contributed by atoms with E-state index in [9.17, 15) is 0 Å². The molecule has 2 saturated carbocycles. The van der Waals surface area contributed by atoms with Crippen LogP contribution in [-0.4, -0.2) is 0 Å². The lowest BCUT2D eigenvalue weighted by atomic mass is 9.74. The van der Waals surface area contributed by atoms with E-state index in [-0.39, 0.29) is 0 Å². The van der Waals surface area contributed by atoms with Crippen LogP contribution in [0, 0.1) is 35.0 Å². The first-order valence-electron chi connectivity index (χ1n) is 7.03. The van der Waals surface area contributed by atoms with E-state index in [0.29, 0.717) is 5.41 Å². The van der Waals surface area contributed by atoms with Crippen molar-refractivity contribution in [2.75, 3.05) is 0 Å². The second-order valence-electron chi connectivity index (χ2n) is 6.67. The molecule has 0 spiro atoms. The predicted octanol–water partition coefficient (Wildman–Crippen LogP) is 4.74. The third-order valence-electron chi connectivity index (χ3n) is 5.75. The highest BCUT2D eigenvalue weighted by Crippen LogP contribution is 2.63. The molecule has 0 saturated heterocycles. The molecule has 0 heterocycles. The second-order valence-corrected chi connectivity index (χ2v) is 6.67. The van der Waals surface area contributed by atoms with Gasteiger partial charge in [0.25, 0.3) is 0 Å². The monoisotopic (exact) mass is 208 g/mol. The van der Waals surface area contributed by atoms with E-state index in [2.05, 4.69) is 34.6 Å². The van der Waals surface area contributed by atoms with Crippen LogP contribution in [0.25, 0.3) is 0 Å². The van der Waals surface area contributed by atoms with Crippen molar-refractivity contribution < 1.29 is 0 Å². The SMILES string of the molecule is CCC1C(C)C1C1CC(C)CC1(C)CC. The average Bonchev–Trinajstić information content (AvgIpc) is 2.74. The zero-order chi connectivity index (χ0) is 11.2. The standard InChI is InChI=1S/C15H28/c1-6-12-11(4)14(12)13-8-10(3)9-15(13,5)7-2/h10-14H,6-9H2,1-5H3. The predicted molar refractivity (Wildman–Crippen MR) is 66.7 cm³/mol. The van der Waals surface area contributed by atoms with E-state index >= 15 is 0 Å². The van der Waals surface area contributed by atoms with Crippen LogP contribution in [0.5, 0.6) is 0 Å². The molecule has 2 rings (SSSR count). The molecule has 15 heavy (non-hydrogen) atoms. The molecular formula is C15H28.